The number of nitrogens with two attached hydrogens (primary N) is 1. The Kier molecular flexibility index (Phi) is 5.18. The molecule has 0 aromatic heterocycles. The van der Waals surface area contributed by atoms with Crippen molar-refractivity contribution in [2.75, 3.05) is 27.3 Å². The van der Waals surface area contributed by atoms with E-state index in [1.54, 1.807) is 14.2 Å². The van der Waals surface area contributed by atoms with Crippen LogP contribution in [-0.4, -0.2) is 50.1 Å². The van der Waals surface area contributed by atoms with Gasteiger partial charge in [-0.2, -0.15) is 0 Å². The second-order valence-electron chi connectivity index (χ2n) is 4.99. The number of methoxy groups -OCH3 is 2. The molecule has 0 aliphatic carbocycles. The van der Waals surface area contributed by atoms with Crippen molar-refractivity contribution in [2.45, 2.75) is 51.0 Å². The maximum absolute atomic E-state index is 5.95. The lowest BCUT2D eigenvalue weighted by Gasteiger charge is -2.42. The molecule has 1 saturated heterocycles. The summed E-state index contributed by atoms with van der Waals surface area (Å²) in [6, 6.07) is 0.614. The molecule has 0 radical (unpaired) electrons. The van der Waals surface area contributed by atoms with Crippen LogP contribution in [0, 0.1) is 0 Å². The molecule has 96 valence electrons. The topological polar surface area (TPSA) is 47.7 Å². The van der Waals surface area contributed by atoms with Crippen molar-refractivity contribution in [3.8, 4) is 0 Å². The Balaban J connectivity index is 2.67. The van der Waals surface area contributed by atoms with Crippen LogP contribution >= 0.6 is 0 Å². The lowest BCUT2D eigenvalue weighted by Crippen LogP contribution is -2.54. The van der Waals surface area contributed by atoms with E-state index in [2.05, 4.69) is 18.7 Å². The van der Waals surface area contributed by atoms with Gasteiger partial charge >= 0.3 is 0 Å². The molecule has 0 aromatic rings. The molecule has 0 aromatic carbocycles. The van der Waals surface area contributed by atoms with E-state index >= 15 is 0 Å². The van der Waals surface area contributed by atoms with Gasteiger partial charge in [0.1, 0.15) is 0 Å². The van der Waals surface area contributed by atoms with Crippen LogP contribution in [0.3, 0.4) is 0 Å². The predicted octanol–water partition coefficient (Wildman–Crippen LogP) is 1.20. The van der Waals surface area contributed by atoms with Crippen molar-refractivity contribution in [1.29, 1.82) is 0 Å². The summed E-state index contributed by atoms with van der Waals surface area (Å²) < 4.78 is 10.6. The average Bonchev–Trinajstić information content (AvgIpc) is 2.72. The Morgan fingerprint density at radius 1 is 1.44 bits per heavy atom. The molecule has 2 atom stereocenters. The fourth-order valence-electron chi connectivity index (χ4n) is 2.68. The van der Waals surface area contributed by atoms with Crippen LogP contribution < -0.4 is 5.73 Å². The molecule has 0 spiro atoms. The van der Waals surface area contributed by atoms with Gasteiger partial charge in [-0.05, 0) is 33.2 Å². The highest BCUT2D eigenvalue weighted by Gasteiger charge is 2.38. The van der Waals surface area contributed by atoms with E-state index in [1.807, 2.05) is 0 Å². The summed E-state index contributed by atoms with van der Waals surface area (Å²) in [6.45, 7) is 6.25. The van der Waals surface area contributed by atoms with E-state index in [9.17, 15) is 0 Å². The molecular formula is C12H26N2O2. The molecule has 2 unspecified atom stereocenters. The third-order valence-electron chi connectivity index (χ3n) is 3.82. The van der Waals surface area contributed by atoms with Gasteiger partial charge in [0.05, 0.1) is 0 Å². The minimum absolute atomic E-state index is 0.0212. The Morgan fingerprint density at radius 2 is 2.06 bits per heavy atom. The number of ether oxygens (including phenoxy) is 2. The normalized spacial score (nSPS) is 26.2. The van der Waals surface area contributed by atoms with E-state index < -0.39 is 0 Å². The minimum atomic E-state index is -0.165. The summed E-state index contributed by atoms with van der Waals surface area (Å²) in [5, 5.41) is 0. The summed E-state index contributed by atoms with van der Waals surface area (Å²) in [5.74, 6) is 0. The molecule has 1 aliphatic rings. The lowest BCUT2D eigenvalue weighted by molar-refractivity contribution is -0.129. The van der Waals surface area contributed by atoms with Crippen molar-refractivity contribution in [3.63, 3.8) is 0 Å². The van der Waals surface area contributed by atoms with Gasteiger partial charge in [0.15, 0.2) is 6.29 Å². The van der Waals surface area contributed by atoms with Crippen molar-refractivity contribution >= 4 is 0 Å². The zero-order valence-electron chi connectivity index (χ0n) is 11.0. The maximum Gasteiger partial charge on any atom is 0.158 e. The first-order valence-corrected chi connectivity index (χ1v) is 6.10. The van der Waals surface area contributed by atoms with Crippen LogP contribution in [0.15, 0.2) is 0 Å². The summed E-state index contributed by atoms with van der Waals surface area (Å²) in [7, 11) is 3.36. The van der Waals surface area contributed by atoms with E-state index in [4.69, 9.17) is 15.2 Å². The molecule has 1 fully saturated rings. The van der Waals surface area contributed by atoms with Gasteiger partial charge in [-0.3, -0.25) is 4.90 Å². The van der Waals surface area contributed by atoms with Crippen molar-refractivity contribution in [2.24, 2.45) is 5.73 Å². The van der Waals surface area contributed by atoms with Crippen molar-refractivity contribution in [1.82, 2.24) is 4.90 Å². The zero-order chi connectivity index (χ0) is 12.2. The summed E-state index contributed by atoms with van der Waals surface area (Å²) >= 11 is 0. The van der Waals surface area contributed by atoms with Crippen LogP contribution in [-0.2, 0) is 9.47 Å². The van der Waals surface area contributed by atoms with E-state index in [1.165, 1.54) is 12.8 Å². The summed E-state index contributed by atoms with van der Waals surface area (Å²) in [6.07, 6.45) is 3.18. The highest BCUT2D eigenvalue weighted by Crippen LogP contribution is 2.30. The molecule has 4 heteroatoms. The van der Waals surface area contributed by atoms with Gasteiger partial charge in [0, 0.05) is 38.8 Å². The average molecular weight is 230 g/mol. The molecule has 0 saturated carbocycles. The van der Waals surface area contributed by atoms with Crippen LogP contribution in [0.1, 0.15) is 33.1 Å². The minimum Gasteiger partial charge on any atom is -0.356 e. The van der Waals surface area contributed by atoms with Gasteiger partial charge in [-0.25, -0.2) is 0 Å². The maximum atomic E-state index is 5.95. The molecule has 0 amide bonds. The van der Waals surface area contributed by atoms with Crippen LogP contribution in [0.5, 0.6) is 0 Å². The molecule has 2 N–H and O–H groups in total. The second kappa shape index (κ2) is 5.96. The smallest absolute Gasteiger partial charge is 0.158 e. The Bertz CT molecular complexity index is 209. The first kappa shape index (κ1) is 13.9. The quantitative estimate of drug-likeness (QED) is 0.697. The number of likely N-dealkylation sites (tertiary alicyclic amines) is 1. The van der Waals surface area contributed by atoms with Crippen molar-refractivity contribution < 1.29 is 9.47 Å². The van der Waals surface area contributed by atoms with Gasteiger partial charge in [-0.15, -0.1) is 0 Å². The van der Waals surface area contributed by atoms with Crippen LogP contribution in [0.4, 0.5) is 0 Å². The van der Waals surface area contributed by atoms with Crippen molar-refractivity contribution in [3.05, 3.63) is 0 Å². The van der Waals surface area contributed by atoms with Gasteiger partial charge in [0.25, 0.3) is 0 Å². The van der Waals surface area contributed by atoms with Gasteiger partial charge < -0.3 is 15.2 Å². The highest BCUT2D eigenvalue weighted by molar-refractivity contribution is 4.93. The molecule has 1 aliphatic heterocycles. The number of hydrogen-bond donors (Lipinski definition) is 1. The number of rotatable bonds is 6. The van der Waals surface area contributed by atoms with Crippen LogP contribution in [0.25, 0.3) is 0 Å². The standard InChI is InChI=1S/C12H26N2O2/c1-10-6-5-7-14(10)12(2,9-13)8-11(15-3)16-4/h10-11H,5-9,13H2,1-4H3. The number of hydrogen-bond acceptors (Lipinski definition) is 4. The largest absolute Gasteiger partial charge is 0.356 e. The van der Waals surface area contributed by atoms with Gasteiger partial charge in [-0.1, -0.05) is 0 Å². The molecule has 16 heavy (non-hydrogen) atoms. The lowest BCUT2D eigenvalue weighted by atomic mass is 9.94. The molecular weight excluding hydrogens is 204 g/mol. The Labute approximate surface area is 99.1 Å². The molecule has 1 rings (SSSR count). The zero-order valence-corrected chi connectivity index (χ0v) is 11.0. The SMILES string of the molecule is COC(CC(C)(CN)N1CCCC1C)OC. The van der Waals surface area contributed by atoms with Crippen LogP contribution in [0.2, 0.25) is 0 Å². The van der Waals surface area contributed by atoms with E-state index in [0.717, 1.165) is 13.0 Å². The molecule has 0 bridgehead atoms. The summed E-state index contributed by atoms with van der Waals surface area (Å²) in [5.41, 5.74) is 5.93. The van der Waals surface area contributed by atoms with E-state index in [0.29, 0.717) is 12.6 Å². The fraction of sp³-hybridized carbons (Fsp3) is 1.00. The fourth-order valence-corrected chi connectivity index (χ4v) is 2.68. The first-order valence-electron chi connectivity index (χ1n) is 6.10. The third-order valence-corrected chi connectivity index (χ3v) is 3.82. The summed E-state index contributed by atoms with van der Waals surface area (Å²) in [4.78, 5) is 2.50. The molecule has 1 heterocycles. The Morgan fingerprint density at radius 3 is 2.44 bits per heavy atom. The number of nitrogens with zero attached hydrogens (tertiary/aromatic N) is 1. The third kappa shape index (κ3) is 2.94. The Hall–Kier alpha value is -0.160. The predicted molar refractivity (Wildman–Crippen MR) is 65.3 cm³/mol. The van der Waals surface area contributed by atoms with E-state index in [-0.39, 0.29) is 11.8 Å². The second-order valence-corrected chi connectivity index (χ2v) is 4.99. The highest BCUT2D eigenvalue weighted by atomic mass is 16.7. The van der Waals surface area contributed by atoms with Gasteiger partial charge in [0.2, 0.25) is 0 Å². The molecule has 4 nitrogen and oxygen atoms in total. The monoisotopic (exact) mass is 230 g/mol. The first-order chi connectivity index (χ1) is 7.57.